The third-order valence-corrected chi connectivity index (χ3v) is 2.76. The molecule has 1 atom stereocenters. The van der Waals surface area contributed by atoms with Gasteiger partial charge >= 0.3 is 0 Å². The standard InChI is InChI=1S/C11H22N2O/c1-3-6-12-8-11(14)13-7-9(2)10-4-5-10/h9-10,12H,3-8H2,1-2H3,(H,13,14). The smallest absolute Gasteiger partial charge is 0.233 e. The van der Waals surface area contributed by atoms with Crippen LogP contribution < -0.4 is 10.6 Å². The fourth-order valence-corrected chi connectivity index (χ4v) is 1.55. The van der Waals surface area contributed by atoms with E-state index in [-0.39, 0.29) is 5.91 Å². The molecule has 2 N–H and O–H groups in total. The lowest BCUT2D eigenvalue weighted by molar-refractivity contribution is -0.120. The zero-order valence-electron chi connectivity index (χ0n) is 9.31. The summed E-state index contributed by atoms with van der Waals surface area (Å²) in [4.78, 5) is 11.3. The van der Waals surface area contributed by atoms with E-state index in [4.69, 9.17) is 0 Å². The van der Waals surface area contributed by atoms with E-state index in [0.717, 1.165) is 25.4 Å². The van der Waals surface area contributed by atoms with Gasteiger partial charge in [-0.2, -0.15) is 0 Å². The highest BCUT2D eigenvalue weighted by Crippen LogP contribution is 2.35. The number of hydrogen-bond acceptors (Lipinski definition) is 2. The van der Waals surface area contributed by atoms with Crippen LogP contribution in [0.5, 0.6) is 0 Å². The molecule has 1 fully saturated rings. The Kier molecular flexibility index (Phi) is 4.94. The molecule has 0 saturated heterocycles. The molecular weight excluding hydrogens is 176 g/mol. The minimum atomic E-state index is 0.131. The number of rotatable bonds is 7. The Balaban J connectivity index is 1.96. The molecule has 0 bridgehead atoms. The average Bonchev–Trinajstić information content (AvgIpc) is 2.98. The Hall–Kier alpha value is -0.570. The number of amides is 1. The Morgan fingerprint density at radius 3 is 2.79 bits per heavy atom. The van der Waals surface area contributed by atoms with Crippen molar-refractivity contribution in [1.29, 1.82) is 0 Å². The molecule has 0 spiro atoms. The third kappa shape index (κ3) is 4.61. The molecule has 1 aliphatic carbocycles. The average molecular weight is 198 g/mol. The molecular formula is C11H22N2O. The number of carbonyl (C=O) groups is 1. The summed E-state index contributed by atoms with van der Waals surface area (Å²) < 4.78 is 0. The first-order chi connectivity index (χ1) is 6.74. The summed E-state index contributed by atoms with van der Waals surface area (Å²) in [6, 6.07) is 0. The van der Waals surface area contributed by atoms with Crippen LogP contribution in [0.2, 0.25) is 0 Å². The van der Waals surface area contributed by atoms with Crippen LogP contribution in [0, 0.1) is 11.8 Å². The Morgan fingerprint density at radius 1 is 1.50 bits per heavy atom. The Bertz CT molecular complexity index is 178. The first kappa shape index (κ1) is 11.5. The zero-order chi connectivity index (χ0) is 10.4. The molecule has 3 nitrogen and oxygen atoms in total. The van der Waals surface area contributed by atoms with E-state index in [1.165, 1.54) is 12.8 Å². The van der Waals surface area contributed by atoms with Crippen molar-refractivity contribution in [3.63, 3.8) is 0 Å². The van der Waals surface area contributed by atoms with Crippen LogP contribution in [0.3, 0.4) is 0 Å². The summed E-state index contributed by atoms with van der Waals surface area (Å²) in [7, 11) is 0. The van der Waals surface area contributed by atoms with Gasteiger partial charge in [0.05, 0.1) is 6.54 Å². The molecule has 0 radical (unpaired) electrons. The molecule has 82 valence electrons. The maximum atomic E-state index is 11.3. The van der Waals surface area contributed by atoms with Gasteiger partial charge in [0.15, 0.2) is 0 Å². The van der Waals surface area contributed by atoms with Gasteiger partial charge in [-0.15, -0.1) is 0 Å². The van der Waals surface area contributed by atoms with Crippen molar-refractivity contribution in [1.82, 2.24) is 10.6 Å². The third-order valence-electron chi connectivity index (χ3n) is 2.76. The van der Waals surface area contributed by atoms with Crippen molar-refractivity contribution in [2.75, 3.05) is 19.6 Å². The molecule has 14 heavy (non-hydrogen) atoms. The van der Waals surface area contributed by atoms with Crippen LogP contribution in [-0.4, -0.2) is 25.5 Å². The maximum absolute atomic E-state index is 11.3. The van der Waals surface area contributed by atoms with Gasteiger partial charge in [-0.25, -0.2) is 0 Å². The van der Waals surface area contributed by atoms with E-state index in [2.05, 4.69) is 24.5 Å². The van der Waals surface area contributed by atoms with E-state index >= 15 is 0 Å². The van der Waals surface area contributed by atoms with Crippen molar-refractivity contribution >= 4 is 5.91 Å². The molecule has 1 aliphatic rings. The normalized spacial score (nSPS) is 17.9. The van der Waals surface area contributed by atoms with Crippen molar-refractivity contribution < 1.29 is 4.79 Å². The van der Waals surface area contributed by atoms with Crippen molar-refractivity contribution in [3.05, 3.63) is 0 Å². The van der Waals surface area contributed by atoms with Crippen LogP contribution in [0.1, 0.15) is 33.1 Å². The Labute approximate surface area is 86.6 Å². The lowest BCUT2D eigenvalue weighted by atomic mass is 10.1. The van der Waals surface area contributed by atoms with E-state index in [1.54, 1.807) is 0 Å². The molecule has 0 aromatic rings. The minimum Gasteiger partial charge on any atom is -0.355 e. The summed E-state index contributed by atoms with van der Waals surface area (Å²) >= 11 is 0. The van der Waals surface area contributed by atoms with Crippen LogP contribution in [-0.2, 0) is 4.79 Å². The van der Waals surface area contributed by atoms with Gasteiger partial charge in [0, 0.05) is 6.54 Å². The number of carbonyl (C=O) groups excluding carboxylic acids is 1. The summed E-state index contributed by atoms with van der Waals surface area (Å²) in [6.07, 6.45) is 3.78. The monoisotopic (exact) mass is 198 g/mol. The zero-order valence-corrected chi connectivity index (χ0v) is 9.31. The molecule has 1 rings (SSSR count). The first-order valence-electron chi connectivity index (χ1n) is 5.71. The summed E-state index contributed by atoms with van der Waals surface area (Å²) in [5.74, 6) is 1.66. The molecule has 0 heterocycles. The highest BCUT2D eigenvalue weighted by Gasteiger charge is 2.27. The minimum absolute atomic E-state index is 0.131. The topological polar surface area (TPSA) is 41.1 Å². The van der Waals surface area contributed by atoms with Crippen LogP contribution in [0.15, 0.2) is 0 Å². The summed E-state index contributed by atoms with van der Waals surface area (Å²) in [6.45, 7) is 6.55. The van der Waals surface area contributed by atoms with E-state index < -0.39 is 0 Å². The van der Waals surface area contributed by atoms with Gasteiger partial charge in [-0.05, 0) is 37.6 Å². The summed E-state index contributed by atoms with van der Waals surface area (Å²) in [5.41, 5.74) is 0. The molecule has 0 aromatic carbocycles. The molecule has 1 amide bonds. The molecule has 1 saturated carbocycles. The quantitative estimate of drug-likeness (QED) is 0.602. The first-order valence-corrected chi connectivity index (χ1v) is 5.71. The van der Waals surface area contributed by atoms with Gasteiger partial charge in [-0.3, -0.25) is 4.79 Å². The van der Waals surface area contributed by atoms with Crippen LogP contribution in [0.4, 0.5) is 0 Å². The largest absolute Gasteiger partial charge is 0.355 e. The van der Waals surface area contributed by atoms with Crippen molar-refractivity contribution in [2.45, 2.75) is 33.1 Å². The fraction of sp³-hybridized carbons (Fsp3) is 0.909. The van der Waals surface area contributed by atoms with Crippen molar-refractivity contribution in [2.24, 2.45) is 11.8 Å². The van der Waals surface area contributed by atoms with E-state index in [0.29, 0.717) is 12.5 Å². The van der Waals surface area contributed by atoms with Gasteiger partial charge in [0.2, 0.25) is 5.91 Å². The second-order valence-corrected chi connectivity index (χ2v) is 4.30. The SMILES string of the molecule is CCCNCC(=O)NCC(C)C1CC1. The highest BCUT2D eigenvalue weighted by molar-refractivity contribution is 5.77. The lowest BCUT2D eigenvalue weighted by Gasteiger charge is -2.11. The van der Waals surface area contributed by atoms with Crippen molar-refractivity contribution in [3.8, 4) is 0 Å². The number of nitrogens with one attached hydrogen (secondary N) is 2. The lowest BCUT2D eigenvalue weighted by Crippen LogP contribution is -2.36. The number of hydrogen-bond donors (Lipinski definition) is 2. The second-order valence-electron chi connectivity index (χ2n) is 4.30. The molecule has 1 unspecified atom stereocenters. The van der Waals surface area contributed by atoms with Gasteiger partial charge in [0.1, 0.15) is 0 Å². The fourth-order valence-electron chi connectivity index (χ4n) is 1.55. The Morgan fingerprint density at radius 2 is 2.21 bits per heavy atom. The highest BCUT2D eigenvalue weighted by atomic mass is 16.1. The van der Waals surface area contributed by atoms with E-state index in [1.807, 2.05) is 0 Å². The molecule has 0 aliphatic heterocycles. The maximum Gasteiger partial charge on any atom is 0.233 e. The van der Waals surface area contributed by atoms with Crippen LogP contribution in [0.25, 0.3) is 0 Å². The molecule has 0 aromatic heterocycles. The van der Waals surface area contributed by atoms with E-state index in [9.17, 15) is 4.79 Å². The second kappa shape index (κ2) is 6.02. The summed E-state index contributed by atoms with van der Waals surface area (Å²) in [5, 5.41) is 6.05. The van der Waals surface area contributed by atoms with Crippen LogP contribution >= 0.6 is 0 Å². The van der Waals surface area contributed by atoms with Gasteiger partial charge in [0.25, 0.3) is 0 Å². The molecule has 3 heteroatoms. The van der Waals surface area contributed by atoms with Gasteiger partial charge < -0.3 is 10.6 Å². The predicted molar refractivity (Wildman–Crippen MR) is 58.1 cm³/mol. The predicted octanol–water partition coefficient (Wildman–Crippen LogP) is 1.15. The van der Waals surface area contributed by atoms with Gasteiger partial charge in [-0.1, -0.05) is 13.8 Å².